The molecule has 5 heteroatoms. The molecule has 6 rings (SSSR count). The molecule has 0 amide bonds. The van der Waals surface area contributed by atoms with E-state index < -0.39 is 0 Å². The Bertz CT molecular complexity index is 742. The smallest absolute Gasteiger partial charge is 0.217 e. The summed E-state index contributed by atoms with van der Waals surface area (Å²) in [5, 5.41) is 3.43. The fourth-order valence-corrected chi connectivity index (χ4v) is 4.50. The number of pyridine rings is 2. The molecule has 6 heterocycles. The van der Waals surface area contributed by atoms with Crippen LogP contribution in [0.5, 0.6) is 5.88 Å². The van der Waals surface area contributed by atoms with Crippen molar-refractivity contribution in [2.24, 2.45) is 5.92 Å². The Kier molecular flexibility index (Phi) is 3.23. The molecule has 2 aromatic heterocycles. The molecule has 3 fully saturated rings. The minimum Gasteiger partial charge on any atom is -0.469 e. The third-order valence-electron chi connectivity index (χ3n) is 5.74. The largest absolute Gasteiger partial charge is 0.469 e. The summed E-state index contributed by atoms with van der Waals surface area (Å²) in [6.45, 7) is 4.24. The van der Waals surface area contributed by atoms with E-state index in [2.05, 4.69) is 26.3 Å². The van der Waals surface area contributed by atoms with Gasteiger partial charge in [0.1, 0.15) is 5.60 Å². The Morgan fingerprint density at radius 1 is 1.25 bits per heavy atom. The topological polar surface area (TPSA) is 50.3 Å². The van der Waals surface area contributed by atoms with Gasteiger partial charge >= 0.3 is 0 Å². The predicted octanol–water partition coefficient (Wildman–Crippen LogP) is 2.49. The van der Waals surface area contributed by atoms with Crippen molar-refractivity contribution < 1.29 is 4.74 Å². The first-order valence-corrected chi connectivity index (χ1v) is 8.85. The quantitative estimate of drug-likeness (QED) is 0.941. The van der Waals surface area contributed by atoms with Gasteiger partial charge in [0.15, 0.2) is 0 Å². The third kappa shape index (κ3) is 2.35. The van der Waals surface area contributed by atoms with Crippen molar-refractivity contribution >= 4 is 5.69 Å². The first-order chi connectivity index (χ1) is 11.8. The average molecular weight is 322 g/mol. The first kappa shape index (κ1) is 14.2. The molecule has 5 nitrogen and oxygen atoms in total. The molecule has 2 aromatic rings. The molecule has 0 saturated carbocycles. The van der Waals surface area contributed by atoms with Gasteiger partial charge in [-0.05, 0) is 44.1 Å². The summed E-state index contributed by atoms with van der Waals surface area (Å²) >= 11 is 0. The second-order valence-electron chi connectivity index (χ2n) is 7.26. The zero-order chi connectivity index (χ0) is 16.0. The van der Waals surface area contributed by atoms with Gasteiger partial charge in [0.2, 0.25) is 5.88 Å². The van der Waals surface area contributed by atoms with Gasteiger partial charge in [0.25, 0.3) is 0 Å². The van der Waals surface area contributed by atoms with Gasteiger partial charge in [-0.15, -0.1) is 0 Å². The highest BCUT2D eigenvalue weighted by Crippen LogP contribution is 2.46. The normalized spacial score (nSPS) is 30.2. The fraction of sp³-hybridized carbons (Fsp3) is 0.474. The maximum absolute atomic E-state index is 6.39. The number of hydrogen-bond donors (Lipinski definition) is 1. The number of nitrogens with one attached hydrogen (secondary N) is 1. The van der Waals surface area contributed by atoms with Gasteiger partial charge in [0, 0.05) is 30.6 Å². The molecular weight excluding hydrogens is 300 g/mol. The second-order valence-corrected chi connectivity index (χ2v) is 7.26. The molecule has 2 bridgehead atoms. The minimum atomic E-state index is -0.0224. The Balaban J connectivity index is 1.33. The number of aromatic nitrogens is 2. The molecule has 4 aliphatic heterocycles. The van der Waals surface area contributed by atoms with E-state index in [1.54, 1.807) is 0 Å². The van der Waals surface area contributed by atoms with E-state index in [0.717, 1.165) is 30.2 Å². The molecule has 1 unspecified atom stereocenters. The average Bonchev–Trinajstić information content (AvgIpc) is 2.98. The van der Waals surface area contributed by atoms with Crippen molar-refractivity contribution in [1.82, 2.24) is 14.9 Å². The Morgan fingerprint density at radius 2 is 2.17 bits per heavy atom. The van der Waals surface area contributed by atoms with Crippen molar-refractivity contribution in [1.29, 1.82) is 0 Å². The first-order valence-electron chi connectivity index (χ1n) is 8.85. The molecule has 4 aliphatic rings. The van der Waals surface area contributed by atoms with E-state index in [4.69, 9.17) is 4.74 Å². The lowest BCUT2D eigenvalue weighted by Crippen LogP contribution is -2.61. The highest BCUT2D eigenvalue weighted by molar-refractivity contribution is 5.49. The van der Waals surface area contributed by atoms with Crippen LogP contribution in [0.1, 0.15) is 24.1 Å². The van der Waals surface area contributed by atoms with E-state index in [1.807, 2.05) is 30.6 Å². The van der Waals surface area contributed by atoms with Gasteiger partial charge in [-0.3, -0.25) is 9.88 Å². The minimum absolute atomic E-state index is 0.0224. The zero-order valence-electron chi connectivity index (χ0n) is 13.7. The summed E-state index contributed by atoms with van der Waals surface area (Å²) in [5.74, 6) is 1.52. The highest BCUT2D eigenvalue weighted by Gasteiger charge is 2.52. The van der Waals surface area contributed by atoms with Crippen LogP contribution in [-0.4, -0.2) is 40.1 Å². The number of piperidine rings is 3. The number of rotatable bonds is 3. The molecular formula is C19H22N4O. The van der Waals surface area contributed by atoms with E-state index in [0.29, 0.717) is 12.5 Å². The van der Waals surface area contributed by atoms with Crippen LogP contribution in [0, 0.1) is 5.92 Å². The Morgan fingerprint density at radius 3 is 2.92 bits per heavy atom. The van der Waals surface area contributed by atoms with Crippen molar-refractivity contribution in [2.75, 3.05) is 25.0 Å². The molecule has 24 heavy (non-hydrogen) atoms. The number of ether oxygens (including phenoxy) is 1. The second kappa shape index (κ2) is 5.45. The predicted molar refractivity (Wildman–Crippen MR) is 92.0 cm³/mol. The molecule has 0 aliphatic carbocycles. The monoisotopic (exact) mass is 322 g/mol. The van der Waals surface area contributed by atoms with Gasteiger partial charge < -0.3 is 10.1 Å². The van der Waals surface area contributed by atoms with Gasteiger partial charge in [-0.25, -0.2) is 4.98 Å². The van der Waals surface area contributed by atoms with Gasteiger partial charge in [0.05, 0.1) is 24.1 Å². The van der Waals surface area contributed by atoms with Gasteiger partial charge in [-0.2, -0.15) is 0 Å². The van der Waals surface area contributed by atoms with E-state index in [1.165, 1.54) is 31.5 Å². The molecule has 1 N–H and O–H groups in total. The summed E-state index contributed by atoms with van der Waals surface area (Å²) in [7, 11) is 0. The van der Waals surface area contributed by atoms with E-state index in [-0.39, 0.29) is 5.60 Å². The lowest BCUT2D eigenvalue weighted by Gasteiger charge is -2.50. The van der Waals surface area contributed by atoms with Crippen LogP contribution < -0.4 is 10.1 Å². The lowest BCUT2D eigenvalue weighted by atomic mass is 9.73. The van der Waals surface area contributed by atoms with Crippen LogP contribution in [-0.2, 0) is 13.0 Å². The van der Waals surface area contributed by atoms with Crippen LogP contribution in [0.3, 0.4) is 0 Å². The molecule has 1 atom stereocenters. The van der Waals surface area contributed by atoms with Gasteiger partial charge in [-0.1, -0.05) is 6.07 Å². The third-order valence-corrected chi connectivity index (χ3v) is 5.74. The zero-order valence-corrected chi connectivity index (χ0v) is 13.7. The number of hydrogen-bond acceptors (Lipinski definition) is 5. The van der Waals surface area contributed by atoms with Crippen LogP contribution in [0.4, 0.5) is 5.69 Å². The maximum Gasteiger partial charge on any atom is 0.217 e. The van der Waals surface area contributed by atoms with Crippen LogP contribution in [0.25, 0.3) is 0 Å². The maximum atomic E-state index is 6.39. The SMILES string of the molecule is c1ccc(CNc2cnc3c(c2)CC2(CN4CCC2CC4)O3)nc1. The molecule has 0 aromatic carbocycles. The summed E-state index contributed by atoms with van der Waals surface area (Å²) in [5.41, 5.74) is 3.30. The Labute approximate surface area is 142 Å². The molecule has 3 saturated heterocycles. The van der Waals surface area contributed by atoms with Crippen LogP contribution >= 0.6 is 0 Å². The van der Waals surface area contributed by atoms with E-state index in [9.17, 15) is 0 Å². The summed E-state index contributed by atoms with van der Waals surface area (Å²) in [6.07, 6.45) is 7.22. The number of fused-ring (bicyclic) bond motifs is 3. The lowest BCUT2D eigenvalue weighted by molar-refractivity contribution is -0.0814. The van der Waals surface area contributed by atoms with Crippen molar-refractivity contribution in [3.8, 4) is 5.88 Å². The fourth-order valence-electron chi connectivity index (χ4n) is 4.50. The number of nitrogens with zero attached hydrogens (tertiary/aromatic N) is 3. The van der Waals surface area contributed by atoms with Crippen molar-refractivity contribution in [2.45, 2.75) is 31.4 Å². The summed E-state index contributed by atoms with van der Waals surface area (Å²) in [4.78, 5) is 11.5. The molecule has 0 radical (unpaired) electrons. The van der Waals surface area contributed by atoms with Crippen molar-refractivity contribution in [3.05, 3.63) is 47.9 Å². The molecule has 1 spiro atoms. The van der Waals surface area contributed by atoms with Crippen LogP contribution in [0.15, 0.2) is 36.7 Å². The van der Waals surface area contributed by atoms with Crippen molar-refractivity contribution in [3.63, 3.8) is 0 Å². The van der Waals surface area contributed by atoms with Crippen LogP contribution in [0.2, 0.25) is 0 Å². The Hall–Kier alpha value is -2.14. The highest BCUT2D eigenvalue weighted by atomic mass is 16.5. The summed E-state index contributed by atoms with van der Waals surface area (Å²) in [6, 6.07) is 8.18. The standard InChI is InChI=1S/C19H22N4O/c1-2-6-20-16(3-1)11-21-17-9-14-10-19(24-18(14)22-12-17)13-23-7-4-15(19)5-8-23/h1-3,6,9,12,15,21H,4-5,7-8,10-11,13H2. The van der Waals surface area contributed by atoms with E-state index >= 15 is 0 Å². The number of anilines is 1. The summed E-state index contributed by atoms with van der Waals surface area (Å²) < 4.78 is 6.39. The molecule has 124 valence electrons.